The highest BCUT2D eigenvalue weighted by molar-refractivity contribution is 7.18. The summed E-state index contributed by atoms with van der Waals surface area (Å²) in [4.78, 5) is 17.0. The molecular formula is C22H22N2O2S. The number of aromatic nitrogens is 1. The first-order valence-corrected chi connectivity index (χ1v) is 9.52. The van der Waals surface area contributed by atoms with Crippen molar-refractivity contribution in [3.05, 3.63) is 58.1 Å². The molecule has 0 aliphatic rings. The van der Waals surface area contributed by atoms with Gasteiger partial charge in [-0.05, 0) is 69.7 Å². The number of anilines is 1. The summed E-state index contributed by atoms with van der Waals surface area (Å²) in [6.45, 7) is 8.03. The number of nitrogens with zero attached hydrogens (tertiary/aromatic N) is 1. The number of aliphatic hydroxyl groups excluding tert-OH is 1. The van der Waals surface area contributed by atoms with Gasteiger partial charge in [-0.25, -0.2) is 4.98 Å². The monoisotopic (exact) mass is 378 g/mol. The summed E-state index contributed by atoms with van der Waals surface area (Å²) in [5, 5.41) is 12.8. The third-order valence-corrected chi connectivity index (χ3v) is 4.90. The number of rotatable bonds is 3. The van der Waals surface area contributed by atoms with E-state index in [0.29, 0.717) is 16.3 Å². The zero-order valence-corrected chi connectivity index (χ0v) is 16.7. The van der Waals surface area contributed by atoms with Gasteiger partial charge < -0.3 is 10.4 Å². The smallest absolute Gasteiger partial charge is 0.255 e. The molecular weight excluding hydrogens is 356 g/mol. The van der Waals surface area contributed by atoms with Gasteiger partial charge in [-0.2, -0.15) is 0 Å². The van der Waals surface area contributed by atoms with Crippen LogP contribution in [0, 0.1) is 24.2 Å². The average molecular weight is 378 g/mol. The number of hydrogen-bond acceptors (Lipinski definition) is 4. The van der Waals surface area contributed by atoms with Crippen LogP contribution >= 0.6 is 11.3 Å². The van der Waals surface area contributed by atoms with Crippen LogP contribution in [0.4, 0.5) is 5.69 Å². The predicted molar refractivity (Wildman–Crippen MR) is 111 cm³/mol. The van der Waals surface area contributed by atoms with E-state index in [2.05, 4.69) is 42.9 Å². The molecule has 27 heavy (non-hydrogen) atoms. The van der Waals surface area contributed by atoms with E-state index < -0.39 is 0 Å². The lowest BCUT2D eigenvalue weighted by atomic mass is 9.97. The van der Waals surface area contributed by atoms with Crippen LogP contribution in [0.5, 0.6) is 0 Å². The molecule has 0 fully saturated rings. The molecule has 0 aliphatic carbocycles. The fourth-order valence-electron chi connectivity index (χ4n) is 2.57. The molecule has 3 rings (SSSR count). The minimum Gasteiger partial charge on any atom is -0.389 e. The van der Waals surface area contributed by atoms with Crippen LogP contribution in [0.3, 0.4) is 0 Å². The van der Waals surface area contributed by atoms with Crippen molar-refractivity contribution in [2.75, 3.05) is 5.32 Å². The van der Waals surface area contributed by atoms with E-state index in [1.54, 1.807) is 0 Å². The first kappa shape index (κ1) is 19.1. The number of benzene rings is 2. The maximum Gasteiger partial charge on any atom is 0.255 e. The molecule has 1 amide bonds. The summed E-state index contributed by atoms with van der Waals surface area (Å²) in [7, 11) is 0. The molecule has 1 aromatic heterocycles. The second-order valence-electron chi connectivity index (χ2n) is 7.43. The topological polar surface area (TPSA) is 62.2 Å². The van der Waals surface area contributed by atoms with Crippen LogP contribution in [0.2, 0.25) is 0 Å². The van der Waals surface area contributed by atoms with Gasteiger partial charge in [-0.1, -0.05) is 11.8 Å². The fourth-order valence-corrected chi connectivity index (χ4v) is 3.38. The highest BCUT2D eigenvalue weighted by atomic mass is 32.1. The van der Waals surface area contributed by atoms with Crippen molar-refractivity contribution < 1.29 is 9.90 Å². The van der Waals surface area contributed by atoms with Crippen LogP contribution in [-0.4, -0.2) is 16.0 Å². The summed E-state index contributed by atoms with van der Waals surface area (Å²) in [5.41, 5.74) is 3.79. The normalized spacial score (nSPS) is 11.1. The van der Waals surface area contributed by atoms with Gasteiger partial charge in [0, 0.05) is 22.2 Å². The third-order valence-electron chi connectivity index (χ3n) is 3.88. The molecule has 2 N–H and O–H groups in total. The van der Waals surface area contributed by atoms with Crippen LogP contribution < -0.4 is 5.32 Å². The molecule has 2 aromatic carbocycles. The van der Waals surface area contributed by atoms with Gasteiger partial charge in [0.1, 0.15) is 5.01 Å². The van der Waals surface area contributed by atoms with E-state index in [1.807, 2.05) is 43.3 Å². The first-order chi connectivity index (χ1) is 12.7. The molecule has 0 radical (unpaired) electrons. The second-order valence-corrected chi connectivity index (χ2v) is 8.55. The standard InChI is InChI=1S/C22H22N2O2S/c1-14-11-15(9-10-22(2,3)4)5-7-17(14)21(26)23-16-6-8-19-18(12-16)24-20(13-25)27-19/h5-8,11-12,25H,13H2,1-4H3,(H,23,26). The Bertz CT molecular complexity index is 1070. The predicted octanol–water partition coefficient (Wildman–Crippen LogP) is 4.75. The fraction of sp³-hybridized carbons (Fsp3) is 0.273. The molecule has 0 atom stereocenters. The van der Waals surface area contributed by atoms with Gasteiger partial charge in [0.05, 0.1) is 16.8 Å². The highest BCUT2D eigenvalue weighted by Crippen LogP contribution is 2.25. The molecule has 0 bridgehead atoms. The number of thiazole rings is 1. The Morgan fingerprint density at radius 3 is 2.67 bits per heavy atom. The lowest BCUT2D eigenvalue weighted by molar-refractivity contribution is 0.102. The van der Waals surface area contributed by atoms with E-state index >= 15 is 0 Å². The van der Waals surface area contributed by atoms with Crippen molar-refractivity contribution in [3.8, 4) is 11.8 Å². The van der Waals surface area contributed by atoms with E-state index in [0.717, 1.165) is 21.3 Å². The average Bonchev–Trinajstić information content (AvgIpc) is 3.01. The number of aliphatic hydroxyl groups is 1. The molecule has 0 saturated carbocycles. The largest absolute Gasteiger partial charge is 0.389 e. The number of fused-ring (bicyclic) bond motifs is 1. The Balaban J connectivity index is 1.80. The summed E-state index contributed by atoms with van der Waals surface area (Å²) in [6, 6.07) is 11.2. The van der Waals surface area contributed by atoms with Crippen LogP contribution in [0.15, 0.2) is 36.4 Å². The molecule has 0 aliphatic heterocycles. The van der Waals surface area contributed by atoms with Crippen LogP contribution in [0.25, 0.3) is 10.2 Å². The van der Waals surface area contributed by atoms with Crippen molar-refractivity contribution in [2.45, 2.75) is 34.3 Å². The lowest BCUT2D eigenvalue weighted by Gasteiger charge is -2.09. The minimum absolute atomic E-state index is 0.0613. The molecule has 0 spiro atoms. The van der Waals surface area contributed by atoms with Gasteiger partial charge in [0.2, 0.25) is 0 Å². The van der Waals surface area contributed by atoms with Gasteiger partial charge >= 0.3 is 0 Å². The molecule has 4 nitrogen and oxygen atoms in total. The van der Waals surface area contributed by atoms with E-state index in [4.69, 9.17) is 0 Å². The first-order valence-electron chi connectivity index (χ1n) is 8.71. The van der Waals surface area contributed by atoms with Crippen LogP contribution in [0.1, 0.15) is 47.3 Å². The molecule has 138 valence electrons. The molecule has 1 heterocycles. The number of nitrogens with one attached hydrogen (secondary N) is 1. The van der Waals surface area contributed by atoms with Gasteiger partial charge in [0.15, 0.2) is 0 Å². The van der Waals surface area contributed by atoms with Gasteiger partial charge in [0.25, 0.3) is 5.91 Å². The summed E-state index contributed by atoms with van der Waals surface area (Å²) in [5.74, 6) is 6.20. The molecule has 0 saturated heterocycles. The Morgan fingerprint density at radius 2 is 2.00 bits per heavy atom. The van der Waals surface area contributed by atoms with Crippen molar-refractivity contribution in [1.82, 2.24) is 4.98 Å². The maximum atomic E-state index is 12.7. The molecule has 5 heteroatoms. The Kier molecular flexibility index (Phi) is 5.31. The van der Waals surface area contributed by atoms with Crippen LogP contribution in [-0.2, 0) is 6.61 Å². The van der Waals surface area contributed by atoms with Gasteiger partial charge in [-0.15, -0.1) is 11.3 Å². The van der Waals surface area contributed by atoms with Gasteiger partial charge in [-0.3, -0.25) is 4.79 Å². The van der Waals surface area contributed by atoms with E-state index in [-0.39, 0.29) is 17.9 Å². The Labute approximate surface area is 163 Å². The zero-order valence-electron chi connectivity index (χ0n) is 15.9. The summed E-state index contributed by atoms with van der Waals surface area (Å²) in [6.07, 6.45) is 0. The maximum absolute atomic E-state index is 12.7. The number of carbonyl (C=O) groups excluding carboxylic acids is 1. The zero-order chi connectivity index (χ0) is 19.6. The SMILES string of the molecule is Cc1cc(C#CC(C)(C)C)ccc1C(=O)Nc1ccc2sc(CO)nc2c1. The minimum atomic E-state index is -0.167. The number of aryl methyl sites for hydroxylation is 1. The summed E-state index contributed by atoms with van der Waals surface area (Å²) >= 11 is 1.44. The number of hydrogen-bond donors (Lipinski definition) is 2. The third kappa shape index (κ3) is 4.73. The Hall–Kier alpha value is -2.68. The molecule has 0 unspecified atom stereocenters. The van der Waals surface area contributed by atoms with Crippen molar-refractivity contribution in [2.24, 2.45) is 5.41 Å². The Morgan fingerprint density at radius 1 is 1.22 bits per heavy atom. The number of carbonyl (C=O) groups is 1. The van der Waals surface area contributed by atoms with Crippen molar-refractivity contribution in [3.63, 3.8) is 0 Å². The summed E-state index contributed by atoms with van der Waals surface area (Å²) < 4.78 is 0.981. The second kappa shape index (κ2) is 7.51. The van der Waals surface area contributed by atoms with E-state index in [1.165, 1.54) is 11.3 Å². The van der Waals surface area contributed by atoms with Crippen molar-refractivity contribution in [1.29, 1.82) is 0 Å². The molecule has 3 aromatic rings. The lowest BCUT2D eigenvalue weighted by Crippen LogP contribution is -2.13. The van der Waals surface area contributed by atoms with Crippen molar-refractivity contribution >= 4 is 33.1 Å². The highest BCUT2D eigenvalue weighted by Gasteiger charge is 2.11. The number of amides is 1. The van der Waals surface area contributed by atoms with E-state index in [9.17, 15) is 9.90 Å². The quantitative estimate of drug-likeness (QED) is 0.647.